The lowest BCUT2D eigenvalue weighted by atomic mass is 9.63. The van der Waals surface area contributed by atoms with Crippen LogP contribution >= 0.6 is 0 Å². The fourth-order valence-corrected chi connectivity index (χ4v) is 11.4. The summed E-state index contributed by atoms with van der Waals surface area (Å²) < 4.78 is 173. The van der Waals surface area contributed by atoms with Gasteiger partial charge in [-0.25, -0.2) is 0 Å². The van der Waals surface area contributed by atoms with Crippen LogP contribution < -0.4 is 16.0 Å². The van der Waals surface area contributed by atoms with Crippen molar-refractivity contribution in [3.8, 4) is 0 Å². The predicted octanol–water partition coefficient (Wildman–Crippen LogP) is 11.7. The zero-order valence-electron chi connectivity index (χ0n) is 46.4. The Kier molecular flexibility index (Phi) is 19.9. The van der Waals surface area contributed by atoms with Crippen LogP contribution in [0.2, 0.25) is 0 Å². The number of halogens is 12. The molecule has 4 atom stereocenters. The molecule has 1 saturated heterocycles. The van der Waals surface area contributed by atoms with Gasteiger partial charge in [0.05, 0.1) is 89.8 Å². The summed E-state index contributed by atoms with van der Waals surface area (Å²) in [6, 6.07) is 21.3. The molecule has 456 valence electrons. The number of carbonyl (C=O) groups excluding carboxylic acids is 4. The van der Waals surface area contributed by atoms with E-state index in [1.807, 2.05) is 48.5 Å². The highest BCUT2D eigenvalue weighted by atomic mass is 19.4. The standard InChI is InChI=1S/C30H33F6N3O3.C29H32F6N4O3/c1-3-38-25(40)16-28(39-19-37-17-26(39)41)11-9-27(10-12-28,22-7-5-4-6-8-22)18-42-20(2)21-13-23(29(31,32)33)15-24(14-21)30(34,35)36;1-3-37-24(40)14-26(39-18-36-15-25(39)41)9-10-27(38-16-26,21-7-5-4-6-8-21)17-42-19(2)20-11-22(28(30,31)32)13-23(12-20)29(33,34)35/h4-8,13-15,19-20H,3,9-12,16-18H2,1-2H3,(H,38,40);4-8,11-13,18-19,38H,3,9-10,14-17H2,1-2H3,(H,37,40)/t20-,27?,28?;19-,26-,27-/m11/s1. The van der Waals surface area contributed by atoms with Gasteiger partial charge in [-0.2, -0.15) is 52.7 Å². The van der Waals surface area contributed by atoms with Crippen molar-refractivity contribution in [1.82, 2.24) is 25.8 Å². The number of piperidine rings is 1. The van der Waals surface area contributed by atoms with Gasteiger partial charge in [-0.15, -0.1) is 0 Å². The first kappa shape index (κ1) is 64.7. The Morgan fingerprint density at radius 2 is 0.929 bits per heavy atom. The Morgan fingerprint density at radius 1 is 0.548 bits per heavy atom. The van der Waals surface area contributed by atoms with E-state index < -0.39 is 81.2 Å². The number of nitrogens with one attached hydrogen (secondary N) is 3. The topological polar surface area (TPSA) is 154 Å². The first-order valence-corrected chi connectivity index (χ1v) is 27.2. The van der Waals surface area contributed by atoms with E-state index in [1.165, 1.54) is 31.4 Å². The fourth-order valence-electron chi connectivity index (χ4n) is 11.4. The quantitative estimate of drug-likeness (QED) is 0.0838. The monoisotopic (exact) mass is 1200 g/mol. The molecule has 4 aromatic carbocycles. The number of carbonyl (C=O) groups is 4. The molecule has 84 heavy (non-hydrogen) atoms. The molecule has 3 N–H and O–H groups in total. The van der Waals surface area contributed by atoms with E-state index in [1.54, 1.807) is 30.9 Å². The fraction of sp³-hybridized carbons (Fsp3) is 0.492. The van der Waals surface area contributed by atoms with Crippen molar-refractivity contribution in [2.45, 2.75) is 138 Å². The Labute approximate surface area is 477 Å². The maximum Gasteiger partial charge on any atom is 0.416 e. The molecule has 4 amide bonds. The van der Waals surface area contributed by atoms with Gasteiger partial charge in [0.1, 0.15) is 13.1 Å². The third-order valence-corrected chi connectivity index (χ3v) is 16.1. The summed E-state index contributed by atoms with van der Waals surface area (Å²) in [5.74, 6) is -0.896. The minimum absolute atomic E-state index is 0.00148. The molecular weight excluding hydrogens is 1130 g/mol. The molecule has 4 aliphatic rings. The molecule has 0 radical (unpaired) electrons. The molecule has 3 aliphatic heterocycles. The minimum atomic E-state index is -4.98. The van der Waals surface area contributed by atoms with Crippen molar-refractivity contribution in [3.63, 3.8) is 0 Å². The smallest absolute Gasteiger partial charge is 0.373 e. The average Bonchev–Trinajstić information content (AvgIpc) is 1.82. The summed E-state index contributed by atoms with van der Waals surface area (Å²) in [6.45, 7) is 7.29. The van der Waals surface area contributed by atoms with Crippen LogP contribution in [0.25, 0.3) is 0 Å². The molecule has 8 rings (SSSR count). The third-order valence-electron chi connectivity index (χ3n) is 16.1. The second-order valence-electron chi connectivity index (χ2n) is 21.7. The van der Waals surface area contributed by atoms with Crippen molar-refractivity contribution in [3.05, 3.63) is 142 Å². The molecule has 1 aliphatic carbocycles. The van der Waals surface area contributed by atoms with Gasteiger partial charge in [-0.1, -0.05) is 60.7 Å². The summed E-state index contributed by atoms with van der Waals surface area (Å²) in [7, 11) is 0. The molecule has 0 aromatic heterocycles. The van der Waals surface area contributed by atoms with Crippen LogP contribution in [0.4, 0.5) is 52.7 Å². The number of rotatable bonds is 18. The first-order valence-electron chi connectivity index (χ1n) is 27.2. The summed E-state index contributed by atoms with van der Waals surface area (Å²) in [5, 5.41) is 9.00. The second kappa shape index (κ2) is 25.8. The largest absolute Gasteiger partial charge is 0.416 e. The van der Waals surface area contributed by atoms with Gasteiger partial charge in [0.15, 0.2) is 0 Å². The zero-order chi connectivity index (χ0) is 61.5. The van der Waals surface area contributed by atoms with E-state index >= 15 is 0 Å². The van der Waals surface area contributed by atoms with Gasteiger partial charge in [-0.3, -0.25) is 39.0 Å². The number of aliphatic imine (C=N–C) groups is 2. The number of benzene rings is 4. The molecule has 3 heterocycles. The average molecular weight is 1200 g/mol. The summed E-state index contributed by atoms with van der Waals surface area (Å²) >= 11 is 0. The third kappa shape index (κ3) is 15.1. The lowest BCUT2D eigenvalue weighted by Crippen LogP contribution is -2.65. The zero-order valence-corrected chi connectivity index (χ0v) is 46.4. The molecule has 0 unspecified atom stereocenters. The predicted molar refractivity (Wildman–Crippen MR) is 286 cm³/mol. The second-order valence-corrected chi connectivity index (χ2v) is 21.7. The highest BCUT2D eigenvalue weighted by Gasteiger charge is 2.52. The van der Waals surface area contributed by atoms with Gasteiger partial charge >= 0.3 is 24.7 Å². The van der Waals surface area contributed by atoms with Gasteiger partial charge < -0.3 is 25.4 Å². The molecule has 25 heteroatoms. The molecule has 2 fully saturated rings. The first-order chi connectivity index (χ1) is 39.4. The summed E-state index contributed by atoms with van der Waals surface area (Å²) in [5.41, 5.74) is -7.76. The van der Waals surface area contributed by atoms with Crippen LogP contribution in [0.15, 0.2) is 107 Å². The maximum atomic E-state index is 13.5. The Morgan fingerprint density at radius 3 is 1.30 bits per heavy atom. The van der Waals surface area contributed by atoms with Crippen LogP contribution in [-0.2, 0) is 64.3 Å². The lowest BCUT2D eigenvalue weighted by Gasteiger charge is -2.50. The van der Waals surface area contributed by atoms with E-state index in [4.69, 9.17) is 9.47 Å². The summed E-state index contributed by atoms with van der Waals surface area (Å²) in [6.07, 6.45) is -16.7. The molecule has 4 aromatic rings. The van der Waals surface area contributed by atoms with Crippen LogP contribution in [0.3, 0.4) is 0 Å². The SMILES string of the molecule is CCNC(=O)CC1(N2C=NCC2=O)CCC(CO[C@H](C)c2cc(C(F)(F)F)cc(C(F)(F)F)c2)(c2ccccc2)CC1.CCNC(=O)C[C@]1(N2C=NCC2=O)CC[C@@](CO[C@H](C)c2cc(C(F)(F)F)cc(C(F)(F)F)c2)(c2ccccc2)NC1. The van der Waals surface area contributed by atoms with Gasteiger partial charge in [0.25, 0.3) is 0 Å². The minimum Gasteiger partial charge on any atom is -0.373 e. The molecule has 0 bridgehead atoms. The van der Waals surface area contributed by atoms with E-state index in [2.05, 4.69) is 25.9 Å². The van der Waals surface area contributed by atoms with Crippen molar-refractivity contribution < 1.29 is 81.3 Å². The van der Waals surface area contributed by atoms with Crippen LogP contribution in [0.1, 0.15) is 136 Å². The van der Waals surface area contributed by atoms with E-state index in [9.17, 15) is 71.9 Å². The number of amides is 4. The Bertz CT molecular complexity index is 2740. The summed E-state index contributed by atoms with van der Waals surface area (Å²) in [4.78, 5) is 61.9. The maximum absolute atomic E-state index is 13.5. The van der Waals surface area contributed by atoms with Gasteiger partial charge in [0.2, 0.25) is 23.6 Å². The highest BCUT2D eigenvalue weighted by Crippen LogP contribution is 2.49. The van der Waals surface area contributed by atoms with Crippen LogP contribution in [-0.4, -0.2) is 103 Å². The van der Waals surface area contributed by atoms with Crippen molar-refractivity contribution in [2.75, 3.05) is 45.9 Å². The van der Waals surface area contributed by atoms with Crippen molar-refractivity contribution >= 4 is 36.3 Å². The number of hydrogen-bond donors (Lipinski definition) is 3. The Balaban J connectivity index is 0.000000241. The normalized spacial score (nSPS) is 23.7. The van der Waals surface area contributed by atoms with Crippen molar-refractivity contribution in [2.24, 2.45) is 9.98 Å². The molecule has 1 saturated carbocycles. The molecule has 13 nitrogen and oxygen atoms in total. The highest BCUT2D eigenvalue weighted by molar-refractivity contribution is 5.96. The number of nitrogens with zero attached hydrogens (tertiary/aromatic N) is 4. The number of hydrogen-bond acceptors (Lipinski definition) is 9. The van der Waals surface area contributed by atoms with Crippen molar-refractivity contribution in [1.29, 1.82) is 0 Å². The van der Waals surface area contributed by atoms with Gasteiger partial charge in [0, 0.05) is 25.0 Å². The van der Waals surface area contributed by atoms with E-state index in [-0.39, 0.29) is 92.6 Å². The van der Waals surface area contributed by atoms with Crippen LogP contribution in [0, 0.1) is 0 Å². The van der Waals surface area contributed by atoms with Crippen LogP contribution in [0.5, 0.6) is 0 Å². The van der Waals surface area contributed by atoms with E-state index in [0.717, 1.165) is 11.1 Å². The van der Waals surface area contributed by atoms with Gasteiger partial charge in [-0.05, 0) is 125 Å². The number of ether oxygens (including phenoxy) is 2. The number of alkyl halides is 12. The lowest BCUT2D eigenvalue weighted by molar-refractivity contribution is -0.145. The molecular formula is C59H65F12N7O6. The Hall–Kier alpha value is -6.86. The molecule has 0 spiro atoms. The van der Waals surface area contributed by atoms with E-state index in [0.29, 0.717) is 75.9 Å².